The Morgan fingerprint density at radius 2 is 1.96 bits per heavy atom. The standard InChI is InChI=1S/C20H20ClFO/c1-14(11-15-5-7-17(22)8-6-15)13-23-18-9-10-19-16(12-18)3-2-4-20(19)21/h4-10,12,14H,2-3,11,13H2,1H3/t14-/m0/s1. The normalized spacial score (nSPS) is 14.8. The minimum atomic E-state index is -0.195. The first-order chi connectivity index (χ1) is 11.1. The maximum atomic E-state index is 12.9. The predicted molar refractivity (Wildman–Crippen MR) is 93.4 cm³/mol. The number of hydrogen-bond donors (Lipinski definition) is 0. The van der Waals surface area contributed by atoms with Gasteiger partial charge in [0.05, 0.1) is 6.61 Å². The zero-order valence-corrected chi connectivity index (χ0v) is 13.9. The highest BCUT2D eigenvalue weighted by Gasteiger charge is 2.12. The lowest BCUT2D eigenvalue weighted by atomic mass is 9.97. The first kappa shape index (κ1) is 16.1. The molecule has 1 atom stereocenters. The summed E-state index contributed by atoms with van der Waals surface area (Å²) in [7, 11) is 0. The fourth-order valence-corrected chi connectivity index (χ4v) is 3.18. The van der Waals surface area contributed by atoms with E-state index < -0.39 is 0 Å². The van der Waals surface area contributed by atoms with Gasteiger partial charge in [0.25, 0.3) is 0 Å². The van der Waals surface area contributed by atoms with Crippen molar-refractivity contribution in [3.05, 3.63) is 71.0 Å². The molecule has 0 amide bonds. The van der Waals surface area contributed by atoms with E-state index in [2.05, 4.69) is 19.1 Å². The average Bonchev–Trinajstić information content (AvgIpc) is 2.55. The van der Waals surface area contributed by atoms with Gasteiger partial charge in [-0.05, 0) is 72.2 Å². The van der Waals surface area contributed by atoms with E-state index in [4.69, 9.17) is 16.3 Å². The summed E-state index contributed by atoms with van der Waals surface area (Å²) in [6.07, 6.45) is 4.93. The highest BCUT2D eigenvalue weighted by molar-refractivity contribution is 6.49. The van der Waals surface area contributed by atoms with Crippen LogP contribution < -0.4 is 4.74 Å². The summed E-state index contributed by atoms with van der Waals surface area (Å²) in [4.78, 5) is 0. The van der Waals surface area contributed by atoms with Crippen molar-refractivity contribution in [3.63, 3.8) is 0 Å². The Labute approximate surface area is 141 Å². The summed E-state index contributed by atoms with van der Waals surface area (Å²) in [5, 5.41) is 0.836. The molecule has 0 N–H and O–H groups in total. The van der Waals surface area contributed by atoms with Crippen molar-refractivity contribution < 1.29 is 9.13 Å². The van der Waals surface area contributed by atoms with Crippen LogP contribution in [0.2, 0.25) is 0 Å². The summed E-state index contributed by atoms with van der Waals surface area (Å²) >= 11 is 6.22. The molecular weight excluding hydrogens is 311 g/mol. The molecule has 0 aromatic heterocycles. The fraction of sp³-hybridized carbons (Fsp3) is 0.300. The molecule has 2 aromatic carbocycles. The third-order valence-corrected chi connectivity index (χ3v) is 4.46. The number of aryl methyl sites for hydroxylation is 1. The van der Waals surface area contributed by atoms with Crippen molar-refractivity contribution in [2.45, 2.75) is 26.2 Å². The molecule has 120 valence electrons. The van der Waals surface area contributed by atoms with Crippen LogP contribution in [0.1, 0.15) is 30.0 Å². The van der Waals surface area contributed by atoms with Gasteiger partial charge in [0.1, 0.15) is 11.6 Å². The molecule has 0 saturated heterocycles. The lowest BCUT2D eigenvalue weighted by molar-refractivity contribution is 0.259. The van der Waals surface area contributed by atoms with Gasteiger partial charge >= 0.3 is 0 Å². The summed E-state index contributed by atoms with van der Waals surface area (Å²) in [6.45, 7) is 2.78. The van der Waals surface area contributed by atoms with E-state index in [1.54, 1.807) is 0 Å². The molecule has 1 nitrogen and oxygen atoms in total. The van der Waals surface area contributed by atoms with Crippen LogP contribution in [0.15, 0.2) is 48.5 Å². The number of benzene rings is 2. The zero-order chi connectivity index (χ0) is 16.2. The van der Waals surface area contributed by atoms with Crippen LogP contribution >= 0.6 is 11.6 Å². The van der Waals surface area contributed by atoms with Crippen LogP contribution in [0, 0.1) is 11.7 Å². The first-order valence-electron chi connectivity index (χ1n) is 7.98. The maximum Gasteiger partial charge on any atom is 0.123 e. The lowest BCUT2D eigenvalue weighted by Crippen LogP contribution is -2.11. The van der Waals surface area contributed by atoms with Crippen LogP contribution in [0.25, 0.3) is 5.03 Å². The molecule has 3 heteroatoms. The number of allylic oxidation sites excluding steroid dienone is 1. The zero-order valence-electron chi connectivity index (χ0n) is 13.2. The van der Waals surface area contributed by atoms with Crippen molar-refractivity contribution >= 4 is 16.6 Å². The summed E-state index contributed by atoms with van der Waals surface area (Å²) in [6, 6.07) is 12.8. The first-order valence-corrected chi connectivity index (χ1v) is 8.36. The van der Waals surface area contributed by atoms with Gasteiger partial charge in [0.2, 0.25) is 0 Å². The predicted octanol–water partition coefficient (Wildman–Crippen LogP) is 5.61. The third-order valence-electron chi connectivity index (χ3n) is 4.10. The molecule has 2 aromatic rings. The molecule has 0 heterocycles. The molecule has 1 aliphatic rings. The fourth-order valence-electron chi connectivity index (χ4n) is 2.88. The molecule has 3 rings (SSSR count). The van der Waals surface area contributed by atoms with Crippen molar-refractivity contribution in [1.29, 1.82) is 0 Å². The Bertz CT molecular complexity index is 706. The van der Waals surface area contributed by atoms with Gasteiger partial charge in [-0.1, -0.05) is 36.7 Å². The largest absolute Gasteiger partial charge is 0.493 e. The van der Waals surface area contributed by atoms with E-state index in [1.165, 1.54) is 17.7 Å². The van der Waals surface area contributed by atoms with Crippen LogP contribution in [0.4, 0.5) is 4.39 Å². The molecular formula is C20H20ClFO. The Morgan fingerprint density at radius 3 is 2.74 bits per heavy atom. The quantitative estimate of drug-likeness (QED) is 0.692. The van der Waals surface area contributed by atoms with E-state index in [1.807, 2.05) is 24.3 Å². The Balaban J connectivity index is 1.58. The van der Waals surface area contributed by atoms with E-state index in [0.29, 0.717) is 12.5 Å². The molecule has 0 aliphatic heterocycles. The average molecular weight is 331 g/mol. The molecule has 1 aliphatic carbocycles. The minimum absolute atomic E-state index is 0.195. The summed E-state index contributed by atoms with van der Waals surface area (Å²) < 4.78 is 18.8. The van der Waals surface area contributed by atoms with Crippen molar-refractivity contribution in [3.8, 4) is 5.75 Å². The molecule has 0 fully saturated rings. The summed E-state index contributed by atoms with van der Waals surface area (Å²) in [5.74, 6) is 1.06. The van der Waals surface area contributed by atoms with Crippen molar-refractivity contribution in [1.82, 2.24) is 0 Å². The Morgan fingerprint density at radius 1 is 1.17 bits per heavy atom. The number of fused-ring (bicyclic) bond motifs is 1. The smallest absolute Gasteiger partial charge is 0.123 e. The molecule has 0 radical (unpaired) electrons. The maximum absolute atomic E-state index is 12.9. The van der Waals surface area contributed by atoms with Crippen LogP contribution in [0.5, 0.6) is 5.75 Å². The van der Waals surface area contributed by atoms with Crippen LogP contribution in [0.3, 0.4) is 0 Å². The molecule has 0 saturated carbocycles. The van der Waals surface area contributed by atoms with Gasteiger partial charge in [0, 0.05) is 5.03 Å². The van der Waals surface area contributed by atoms with Crippen LogP contribution in [-0.4, -0.2) is 6.61 Å². The van der Waals surface area contributed by atoms with E-state index in [0.717, 1.165) is 41.2 Å². The van der Waals surface area contributed by atoms with E-state index >= 15 is 0 Å². The van der Waals surface area contributed by atoms with Crippen molar-refractivity contribution in [2.24, 2.45) is 5.92 Å². The molecule has 0 bridgehead atoms. The SMILES string of the molecule is C[C@H](COc1ccc2c(c1)CCC=C2Cl)Cc1ccc(F)cc1. The van der Waals surface area contributed by atoms with Gasteiger partial charge in [-0.25, -0.2) is 4.39 Å². The Hall–Kier alpha value is -1.80. The van der Waals surface area contributed by atoms with Crippen LogP contribution in [-0.2, 0) is 12.8 Å². The van der Waals surface area contributed by atoms with E-state index in [-0.39, 0.29) is 5.82 Å². The number of ether oxygens (including phenoxy) is 1. The summed E-state index contributed by atoms with van der Waals surface area (Å²) in [5.41, 5.74) is 3.50. The van der Waals surface area contributed by atoms with Gasteiger partial charge in [0.15, 0.2) is 0 Å². The molecule has 23 heavy (non-hydrogen) atoms. The molecule has 0 spiro atoms. The van der Waals surface area contributed by atoms with Gasteiger partial charge in [-0.3, -0.25) is 0 Å². The minimum Gasteiger partial charge on any atom is -0.493 e. The topological polar surface area (TPSA) is 9.23 Å². The lowest BCUT2D eigenvalue weighted by Gasteiger charge is -2.17. The second-order valence-electron chi connectivity index (χ2n) is 6.16. The van der Waals surface area contributed by atoms with Gasteiger partial charge in [-0.15, -0.1) is 0 Å². The highest BCUT2D eigenvalue weighted by atomic mass is 35.5. The van der Waals surface area contributed by atoms with Gasteiger partial charge < -0.3 is 4.74 Å². The third kappa shape index (κ3) is 4.14. The second kappa shape index (κ2) is 7.18. The monoisotopic (exact) mass is 330 g/mol. The second-order valence-corrected chi connectivity index (χ2v) is 6.56. The van der Waals surface area contributed by atoms with E-state index in [9.17, 15) is 4.39 Å². The number of rotatable bonds is 5. The van der Waals surface area contributed by atoms with Crippen molar-refractivity contribution in [2.75, 3.05) is 6.61 Å². The number of hydrogen-bond acceptors (Lipinski definition) is 1. The number of halogens is 2. The van der Waals surface area contributed by atoms with Gasteiger partial charge in [-0.2, -0.15) is 0 Å². The highest BCUT2D eigenvalue weighted by Crippen LogP contribution is 2.31. The Kier molecular flexibility index (Phi) is 5.02. The molecule has 0 unspecified atom stereocenters.